The quantitative estimate of drug-likeness (QED) is 0.495. The third-order valence-corrected chi connectivity index (χ3v) is 3.24. The fraction of sp³-hybridized carbons (Fsp3) is 0.267. The van der Waals surface area contributed by atoms with E-state index in [0.717, 1.165) is 23.4 Å². The zero-order valence-electron chi connectivity index (χ0n) is 11.7. The van der Waals surface area contributed by atoms with Gasteiger partial charge in [0.1, 0.15) is 5.76 Å². The maximum atomic E-state index is 11.7. The van der Waals surface area contributed by atoms with Gasteiger partial charge >= 0.3 is 0 Å². The normalized spacial score (nSPS) is 10.8. The molecule has 0 radical (unpaired) electrons. The van der Waals surface area contributed by atoms with Crippen LogP contribution in [0.4, 0.5) is 0 Å². The van der Waals surface area contributed by atoms with Crippen LogP contribution in [0, 0.1) is 6.92 Å². The average Bonchev–Trinajstić information content (AvgIpc) is 2.84. The number of nitrogens with two attached hydrogens (primary N) is 1. The number of hydrogen-bond acceptors (Lipinski definition) is 4. The molecule has 0 aliphatic carbocycles. The number of hydrogen-bond donors (Lipinski definition) is 2. The van der Waals surface area contributed by atoms with E-state index in [0.29, 0.717) is 12.1 Å². The molecule has 0 bridgehead atoms. The van der Waals surface area contributed by atoms with Crippen LogP contribution in [0.3, 0.4) is 0 Å². The van der Waals surface area contributed by atoms with Crippen LogP contribution in [0.25, 0.3) is 0 Å². The van der Waals surface area contributed by atoms with Crippen molar-refractivity contribution in [3.05, 3.63) is 59.0 Å². The van der Waals surface area contributed by atoms with Crippen LogP contribution in [0.2, 0.25) is 0 Å². The van der Waals surface area contributed by atoms with Crippen molar-refractivity contribution < 1.29 is 9.21 Å². The second kappa shape index (κ2) is 6.36. The number of hydrazine groups is 1. The third-order valence-electron chi connectivity index (χ3n) is 3.24. The molecule has 0 atom stereocenters. The van der Waals surface area contributed by atoms with Crippen molar-refractivity contribution in [3.63, 3.8) is 0 Å². The molecule has 0 unspecified atom stereocenters. The number of nitrogens with one attached hydrogen (secondary N) is 1. The molecule has 1 aromatic heterocycles. The van der Waals surface area contributed by atoms with E-state index in [9.17, 15) is 4.79 Å². The number of nitrogen functional groups attached to an aromatic ring is 1. The van der Waals surface area contributed by atoms with Gasteiger partial charge in [-0.15, -0.1) is 0 Å². The van der Waals surface area contributed by atoms with Crippen LogP contribution in [0.5, 0.6) is 0 Å². The van der Waals surface area contributed by atoms with Gasteiger partial charge in [-0.3, -0.25) is 15.1 Å². The number of amides is 1. The van der Waals surface area contributed by atoms with Crippen molar-refractivity contribution in [2.45, 2.75) is 20.0 Å². The van der Waals surface area contributed by atoms with Crippen LogP contribution in [0.1, 0.15) is 27.2 Å². The molecule has 0 saturated heterocycles. The van der Waals surface area contributed by atoms with Gasteiger partial charge in [0.05, 0.1) is 6.26 Å². The molecule has 0 spiro atoms. The number of carbonyl (C=O) groups excluding carboxylic acids is 1. The number of aryl methyl sites for hydroxylation is 1. The molecular formula is C15H19N3O2. The summed E-state index contributed by atoms with van der Waals surface area (Å²) >= 11 is 0. The lowest BCUT2D eigenvalue weighted by atomic mass is 10.1. The molecule has 0 saturated carbocycles. The zero-order valence-corrected chi connectivity index (χ0v) is 11.7. The Morgan fingerprint density at radius 2 is 1.95 bits per heavy atom. The molecule has 1 amide bonds. The zero-order chi connectivity index (χ0) is 14.5. The predicted molar refractivity (Wildman–Crippen MR) is 76.7 cm³/mol. The standard InChI is InChI=1S/C15H19N3O2/c1-11-12(7-8-20-11)9-18(2)10-13-5-3-4-6-14(13)15(19)17-16/h3-8H,9-10,16H2,1-2H3,(H,17,19). The van der Waals surface area contributed by atoms with Gasteiger partial charge in [0.2, 0.25) is 0 Å². The number of benzene rings is 1. The first-order chi connectivity index (χ1) is 9.61. The highest BCUT2D eigenvalue weighted by atomic mass is 16.3. The van der Waals surface area contributed by atoms with Crippen LogP contribution >= 0.6 is 0 Å². The number of carbonyl (C=O) groups is 1. The average molecular weight is 273 g/mol. The lowest BCUT2D eigenvalue weighted by Gasteiger charge is -2.18. The summed E-state index contributed by atoms with van der Waals surface area (Å²) in [4.78, 5) is 13.8. The molecule has 2 aromatic rings. The van der Waals surface area contributed by atoms with Crippen LogP contribution in [0.15, 0.2) is 41.0 Å². The molecule has 3 N–H and O–H groups in total. The minimum Gasteiger partial charge on any atom is -0.469 e. The van der Waals surface area contributed by atoms with E-state index in [-0.39, 0.29) is 5.91 Å². The lowest BCUT2D eigenvalue weighted by molar-refractivity contribution is 0.0952. The Bertz CT molecular complexity index is 592. The highest BCUT2D eigenvalue weighted by Gasteiger charge is 2.12. The molecule has 20 heavy (non-hydrogen) atoms. The highest BCUT2D eigenvalue weighted by molar-refractivity contribution is 5.95. The van der Waals surface area contributed by atoms with Gasteiger partial charge in [-0.1, -0.05) is 18.2 Å². The maximum Gasteiger partial charge on any atom is 0.265 e. The monoisotopic (exact) mass is 273 g/mol. The summed E-state index contributed by atoms with van der Waals surface area (Å²) in [6.07, 6.45) is 1.69. The van der Waals surface area contributed by atoms with Gasteiger partial charge in [0.25, 0.3) is 5.91 Å². The van der Waals surface area contributed by atoms with E-state index < -0.39 is 0 Å². The van der Waals surface area contributed by atoms with Gasteiger partial charge in [0, 0.05) is 24.2 Å². The first-order valence-corrected chi connectivity index (χ1v) is 6.42. The number of furan rings is 1. The summed E-state index contributed by atoms with van der Waals surface area (Å²) in [5.41, 5.74) is 4.87. The third kappa shape index (κ3) is 3.26. The highest BCUT2D eigenvalue weighted by Crippen LogP contribution is 2.15. The summed E-state index contributed by atoms with van der Waals surface area (Å²) in [5, 5.41) is 0. The van der Waals surface area contributed by atoms with Crippen molar-refractivity contribution in [2.24, 2.45) is 5.84 Å². The van der Waals surface area contributed by atoms with Crippen molar-refractivity contribution in [1.82, 2.24) is 10.3 Å². The minimum absolute atomic E-state index is 0.270. The van der Waals surface area contributed by atoms with E-state index in [1.54, 1.807) is 12.3 Å². The predicted octanol–water partition coefficient (Wildman–Crippen LogP) is 1.82. The first-order valence-electron chi connectivity index (χ1n) is 6.42. The Morgan fingerprint density at radius 1 is 1.25 bits per heavy atom. The molecular weight excluding hydrogens is 254 g/mol. The van der Waals surface area contributed by atoms with Crippen LogP contribution in [-0.4, -0.2) is 17.9 Å². The van der Waals surface area contributed by atoms with Gasteiger partial charge in [-0.25, -0.2) is 5.84 Å². The molecule has 5 nitrogen and oxygen atoms in total. The Morgan fingerprint density at radius 3 is 2.60 bits per heavy atom. The van der Waals surface area contributed by atoms with E-state index in [1.807, 2.05) is 38.2 Å². The van der Waals surface area contributed by atoms with Crippen molar-refractivity contribution in [1.29, 1.82) is 0 Å². The second-order valence-corrected chi connectivity index (χ2v) is 4.80. The Kier molecular flexibility index (Phi) is 4.55. The topological polar surface area (TPSA) is 71.5 Å². The van der Waals surface area contributed by atoms with Gasteiger partial charge in [-0.05, 0) is 31.7 Å². The molecule has 0 aliphatic rings. The second-order valence-electron chi connectivity index (χ2n) is 4.80. The summed E-state index contributed by atoms with van der Waals surface area (Å²) < 4.78 is 5.29. The molecule has 1 aromatic carbocycles. The van der Waals surface area contributed by atoms with Crippen molar-refractivity contribution in [2.75, 3.05) is 7.05 Å². The summed E-state index contributed by atoms with van der Waals surface area (Å²) in [5.74, 6) is 5.86. The molecule has 5 heteroatoms. The summed E-state index contributed by atoms with van der Waals surface area (Å²) in [6.45, 7) is 3.37. The smallest absolute Gasteiger partial charge is 0.265 e. The van der Waals surface area contributed by atoms with Crippen molar-refractivity contribution >= 4 is 5.91 Å². The van der Waals surface area contributed by atoms with Gasteiger partial charge in [0.15, 0.2) is 0 Å². The summed E-state index contributed by atoms with van der Waals surface area (Å²) in [6, 6.07) is 9.41. The number of nitrogens with zero attached hydrogens (tertiary/aromatic N) is 1. The fourth-order valence-electron chi connectivity index (χ4n) is 2.17. The largest absolute Gasteiger partial charge is 0.469 e. The Labute approximate surface area is 118 Å². The first kappa shape index (κ1) is 14.3. The van der Waals surface area contributed by atoms with Crippen LogP contribution in [-0.2, 0) is 13.1 Å². The van der Waals surface area contributed by atoms with Gasteiger partial charge in [-0.2, -0.15) is 0 Å². The molecule has 2 rings (SSSR count). The molecule has 0 fully saturated rings. The van der Waals surface area contributed by atoms with Gasteiger partial charge < -0.3 is 4.42 Å². The minimum atomic E-state index is -0.270. The van der Waals surface area contributed by atoms with E-state index in [4.69, 9.17) is 10.3 Å². The lowest BCUT2D eigenvalue weighted by Crippen LogP contribution is -2.31. The van der Waals surface area contributed by atoms with E-state index in [1.165, 1.54) is 0 Å². The number of rotatable bonds is 5. The maximum absolute atomic E-state index is 11.7. The molecule has 106 valence electrons. The summed E-state index contributed by atoms with van der Waals surface area (Å²) in [7, 11) is 2.00. The SMILES string of the molecule is Cc1occc1CN(C)Cc1ccccc1C(=O)NN. The fourth-order valence-corrected chi connectivity index (χ4v) is 2.17. The van der Waals surface area contributed by atoms with Crippen LogP contribution < -0.4 is 11.3 Å². The Hall–Kier alpha value is -2.11. The van der Waals surface area contributed by atoms with E-state index >= 15 is 0 Å². The molecule has 1 heterocycles. The van der Waals surface area contributed by atoms with Crippen molar-refractivity contribution in [3.8, 4) is 0 Å². The Balaban J connectivity index is 2.10. The molecule has 0 aliphatic heterocycles. The van der Waals surface area contributed by atoms with E-state index in [2.05, 4.69) is 10.3 Å².